The Morgan fingerprint density at radius 3 is 1.46 bits per heavy atom. The third kappa shape index (κ3) is 10.0. The fraction of sp³-hybridized carbons (Fsp3) is 0.467. The van der Waals surface area contributed by atoms with E-state index < -0.39 is 0 Å². The largest absolute Gasteiger partial charge is 0.494 e. The van der Waals surface area contributed by atoms with E-state index >= 15 is 0 Å². The van der Waals surface area contributed by atoms with Gasteiger partial charge in [-0.25, -0.2) is 0 Å². The molecule has 3 aromatic rings. The molecular weight excluding hydrogens is 566 g/mol. The van der Waals surface area contributed by atoms with Crippen LogP contribution in [0.25, 0.3) is 11.1 Å². The Hall–Kier alpha value is -1.72. The van der Waals surface area contributed by atoms with Gasteiger partial charge in [0.05, 0.1) is 22.4 Å². The van der Waals surface area contributed by atoms with E-state index in [0.717, 1.165) is 59.7 Å². The van der Waals surface area contributed by atoms with Crippen molar-refractivity contribution in [3.05, 3.63) is 69.9 Å². The first-order chi connectivity index (χ1) is 17.2. The Kier molecular flexibility index (Phi) is 12.8. The lowest BCUT2D eigenvalue weighted by Gasteiger charge is -2.09. The van der Waals surface area contributed by atoms with E-state index in [-0.39, 0.29) is 0 Å². The molecule has 1 aromatic heterocycles. The summed E-state index contributed by atoms with van der Waals surface area (Å²) in [4.78, 5) is 0. The first kappa shape index (κ1) is 27.9. The smallest absolute Gasteiger partial charge is 0.119 e. The van der Waals surface area contributed by atoms with Crippen LogP contribution in [0.3, 0.4) is 0 Å². The zero-order valence-corrected chi connectivity index (χ0v) is 24.2. The number of aromatic nitrogens is 1. The Balaban J connectivity index is 1.21. The number of hydrogen-bond donors (Lipinski definition) is 0. The van der Waals surface area contributed by atoms with E-state index in [9.17, 15) is 0 Å². The van der Waals surface area contributed by atoms with Gasteiger partial charge in [-0.15, -0.1) is 0 Å². The molecule has 0 saturated carbocycles. The first-order valence-corrected chi connectivity index (χ1v) is 14.7. The maximum atomic E-state index is 5.96. The number of rotatable bonds is 17. The van der Waals surface area contributed by atoms with E-state index in [0.29, 0.717) is 0 Å². The van der Waals surface area contributed by atoms with Gasteiger partial charge < -0.3 is 14.0 Å². The summed E-state index contributed by atoms with van der Waals surface area (Å²) in [5, 5.41) is 0. The van der Waals surface area contributed by atoms with Crippen molar-refractivity contribution in [2.45, 2.75) is 77.7 Å². The Bertz CT molecular complexity index is 948. The second-order valence-electron chi connectivity index (χ2n) is 9.06. The molecule has 35 heavy (non-hydrogen) atoms. The topological polar surface area (TPSA) is 23.4 Å². The van der Waals surface area contributed by atoms with E-state index in [4.69, 9.17) is 9.47 Å². The monoisotopic (exact) mass is 603 g/mol. The van der Waals surface area contributed by atoms with Gasteiger partial charge in [-0.2, -0.15) is 0 Å². The van der Waals surface area contributed by atoms with Crippen LogP contribution in [0.4, 0.5) is 0 Å². The highest BCUT2D eigenvalue weighted by Gasteiger charge is 2.03. The molecule has 3 nitrogen and oxygen atoms in total. The van der Waals surface area contributed by atoms with Crippen LogP contribution in [0.5, 0.6) is 11.5 Å². The average Bonchev–Trinajstić information content (AvgIpc) is 3.20. The van der Waals surface area contributed by atoms with Gasteiger partial charge in [0.1, 0.15) is 11.5 Å². The summed E-state index contributed by atoms with van der Waals surface area (Å²) in [6, 6.07) is 21.0. The standard InChI is InChI=1S/C30H39Br2NO2/c1-2-3-23-34-27-16-12-25(13-17-27)26-14-18-28(19-15-26)35-24-11-9-7-5-4-6-8-10-22-33-29(31)20-21-30(33)32/h12-21H,2-11,22-24H2,1H3. The molecule has 0 aliphatic rings. The first-order valence-electron chi connectivity index (χ1n) is 13.1. The number of halogens is 2. The maximum Gasteiger partial charge on any atom is 0.119 e. The van der Waals surface area contributed by atoms with Gasteiger partial charge in [0.15, 0.2) is 0 Å². The zero-order chi connectivity index (χ0) is 24.7. The van der Waals surface area contributed by atoms with Crippen molar-refractivity contribution in [1.82, 2.24) is 4.57 Å². The van der Waals surface area contributed by atoms with Crippen LogP contribution in [0.1, 0.15) is 71.1 Å². The molecule has 0 atom stereocenters. The van der Waals surface area contributed by atoms with Crippen molar-refractivity contribution in [2.24, 2.45) is 0 Å². The average molecular weight is 605 g/mol. The minimum atomic E-state index is 0.786. The molecule has 1 heterocycles. The van der Waals surface area contributed by atoms with Crippen LogP contribution in [0, 0.1) is 0 Å². The predicted octanol–water partition coefficient (Wildman–Crippen LogP) is 10.1. The summed E-state index contributed by atoms with van der Waals surface area (Å²) in [5.41, 5.74) is 2.40. The van der Waals surface area contributed by atoms with Crippen LogP contribution < -0.4 is 9.47 Å². The summed E-state index contributed by atoms with van der Waals surface area (Å²) in [7, 11) is 0. The van der Waals surface area contributed by atoms with Crippen molar-refractivity contribution in [1.29, 1.82) is 0 Å². The van der Waals surface area contributed by atoms with Gasteiger partial charge >= 0.3 is 0 Å². The van der Waals surface area contributed by atoms with Crippen LogP contribution in [0.2, 0.25) is 0 Å². The second-order valence-corrected chi connectivity index (χ2v) is 10.7. The summed E-state index contributed by atoms with van der Waals surface area (Å²) in [6.07, 6.45) is 12.4. The third-order valence-electron chi connectivity index (χ3n) is 6.23. The summed E-state index contributed by atoms with van der Waals surface area (Å²) >= 11 is 7.20. The number of ether oxygens (including phenoxy) is 2. The molecular formula is C30H39Br2NO2. The van der Waals surface area contributed by atoms with E-state index in [1.165, 1.54) is 56.1 Å². The van der Waals surface area contributed by atoms with Crippen LogP contribution in [-0.2, 0) is 6.54 Å². The molecule has 0 aliphatic heterocycles. The fourth-order valence-corrected chi connectivity index (χ4v) is 5.32. The molecule has 0 fully saturated rings. The van der Waals surface area contributed by atoms with Gasteiger partial charge in [0.25, 0.3) is 0 Å². The predicted molar refractivity (Wildman–Crippen MR) is 155 cm³/mol. The van der Waals surface area contributed by atoms with Crippen LogP contribution in [0.15, 0.2) is 69.9 Å². The quantitative estimate of drug-likeness (QED) is 0.143. The lowest BCUT2D eigenvalue weighted by atomic mass is 10.1. The maximum absolute atomic E-state index is 5.96. The van der Waals surface area contributed by atoms with Gasteiger partial charge in [-0.3, -0.25) is 0 Å². The Morgan fingerprint density at radius 2 is 0.971 bits per heavy atom. The van der Waals surface area contributed by atoms with Crippen LogP contribution >= 0.6 is 31.9 Å². The number of nitrogens with zero attached hydrogens (tertiary/aromatic N) is 1. The Labute approximate surface area is 228 Å². The Morgan fingerprint density at radius 1 is 0.543 bits per heavy atom. The summed E-state index contributed by atoms with van der Waals surface area (Å²) in [5.74, 6) is 1.89. The highest BCUT2D eigenvalue weighted by Crippen LogP contribution is 2.25. The summed E-state index contributed by atoms with van der Waals surface area (Å²) in [6.45, 7) is 4.83. The van der Waals surface area contributed by atoms with Crippen molar-refractivity contribution >= 4 is 31.9 Å². The zero-order valence-electron chi connectivity index (χ0n) is 21.0. The van der Waals surface area contributed by atoms with E-state index in [2.05, 4.69) is 104 Å². The molecule has 0 aliphatic carbocycles. The molecule has 3 rings (SSSR count). The molecule has 0 saturated heterocycles. The van der Waals surface area contributed by atoms with Crippen molar-refractivity contribution in [3.63, 3.8) is 0 Å². The van der Waals surface area contributed by atoms with Crippen molar-refractivity contribution in [2.75, 3.05) is 13.2 Å². The number of hydrogen-bond acceptors (Lipinski definition) is 2. The lowest BCUT2D eigenvalue weighted by Crippen LogP contribution is -1.98. The lowest BCUT2D eigenvalue weighted by molar-refractivity contribution is 0.304. The van der Waals surface area contributed by atoms with E-state index in [1.54, 1.807) is 0 Å². The normalized spacial score (nSPS) is 11.1. The molecule has 190 valence electrons. The van der Waals surface area contributed by atoms with Gasteiger partial charge in [-0.1, -0.05) is 76.1 Å². The molecule has 0 N–H and O–H groups in total. The molecule has 0 bridgehead atoms. The molecule has 5 heteroatoms. The number of unbranched alkanes of at least 4 members (excludes halogenated alkanes) is 8. The van der Waals surface area contributed by atoms with E-state index in [1.807, 2.05) is 0 Å². The molecule has 0 amide bonds. The number of benzene rings is 2. The van der Waals surface area contributed by atoms with Gasteiger partial charge in [-0.05, 0) is 98.6 Å². The molecule has 0 unspecified atom stereocenters. The minimum absolute atomic E-state index is 0.786. The SMILES string of the molecule is CCCCOc1ccc(-c2ccc(OCCCCCCCCCCn3c(Br)ccc3Br)cc2)cc1. The highest BCUT2D eigenvalue weighted by atomic mass is 79.9. The van der Waals surface area contributed by atoms with Gasteiger partial charge in [0.2, 0.25) is 0 Å². The molecule has 0 spiro atoms. The third-order valence-corrected chi connectivity index (χ3v) is 7.61. The van der Waals surface area contributed by atoms with Crippen molar-refractivity contribution < 1.29 is 9.47 Å². The minimum Gasteiger partial charge on any atom is -0.494 e. The van der Waals surface area contributed by atoms with Gasteiger partial charge in [0, 0.05) is 6.54 Å². The molecule has 2 aromatic carbocycles. The summed E-state index contributed by atoms with van der Waals surface area (Å²) < 4.78 is 16.3. The molecule has 0 radical (unpaired) electrons. The highest BCUT2D eigenvalue weighted by molar-refractivity contribution is 9.11. The van der Waals surface area contributed by atoms with Crippen LogP contribution in [-0.4, -0.2) is 17.8 Å². The fourth-order valence-electron chi connectivity index (χ4n) is 4.08. The van der Waals surface area contributed by atoms with Crippen molar-refractivity contribution in [3.8, 4) is 22.6 Å². The second kappa shape index (κ2) is 16.1.